The highest BCUT2D eigenvalue weighted by Gasteiger charge is 2.13. The number of hydrogen-bond donors (Lipinski definition) is 1. The van der Waals surface area contributed by atoms with Crippen molar-refractivity contribution in [3.63, 3.8) is 0 Å². The molecule has 0 radical (unpaired) electrons. The Balaban J connectivity index is 3.31. The van der Waals surface area contributed by atoms with Crippen molar-refractivity contribution in [2.24, 2.45) is 11.8 Å². The van der Waals surface area contributed by atoms with E-state index in [1.165, 1.54) is 12.8 Å². The zero-order valence-electron chi connectivity index (χ0n) is 9.83. The summed E-state index contributed by atoms with van der Waals surface area (Å²) < 4.78 is 5.24. The van der Waals surface area contributed by atoms with E-state index in [1.54, 1.807) is 0 Å². The summed E-state index contributed by atoms with van der Waals surface area (Å²) >= 11 is 0. The fourth-order valence-electron chi connectivity index (χ4n) is 1.46. The molecule has 0 saturated carbocycles. The maximum absolute atomic E-state index is 8.68. The molecule has 0 saturated heterocycles. The number of aliphatic hydroxyl groups is 1. The molecule has 2 nitrogen and oxygen atoms in total. The first kappa shape index (κ1) is 13.8. The molecule has 0 bridgehead atoms. The molecule has 0 amide bonds. The van der Waals surface area contributed by atoms with Crippen LogP contribution in [0.4, 0.5) is 0 Å². The standard InChI is InChI=1S/C12H25O2/c1-4-14-10-12(3)8-7-11(2)6-5-9-13/h10-13H,4-9H2,1-3H3/q+1. The summed E-state index contributed by atoms with van der Waals surface area (Å²) in [5.41, 5.74) is 0. The molecule has 84 valence electrons. The van der Waals surface area contributed by atoms with Crippen molar-refractivity contribution in [1.29, 1.82) is 0 Å². The fourth-order valence-corrected chi connectivity index (χ4v) is 1.46. The minimum atomic E-state index is 0.324. The summed E-state index contributed by atoms with van der Waals surface area (Å²) in [5, 5.41) is 8.68. The molecule has 0 aromatic carbocycles. The van der Waals surface area contributed by atoms with Crippen LogP contribution in [0.25, 0.3) is 0 Å². The lowest BCUT2D eigenvalue weighted by Gasteiger charge is -2.10. The Morgan fingerprint density at radius 3 is 2.50 bits per heavy atom. The van der Waals surface area contributed by atoms with Gasteiger partial charge in [-0.05, 0) is 45.4 Å². The van der Waals surface area contributed by atoms with Crippen molar-refractivity contribution in [3.8, 4) is 0 Å². The highest BCUT2D eigenvalue weighted by molar-refractivity contribution is 4.64. The molecule has 2 atom stereocenters. The summed E-state index contributed by atoms with van der Waals surface area (Å²) in [6.07, 6.45) is 4.49. The largest absolute Gasteiger partial charge is 0.396 e. The third kappa shape index (κ3) is 8.39. The maximum Gasteiger partial charge on any atom is 0.230 e. The zero-order valence-corrected chi connectivity index (χ0v) is 9.83. The fraction of sp³-hybridized carbons (Fsp3) is 0.917. The van der Waals surface area contributed by atoms with Gasteiger partial charge in [0.25, 0.3) is 0 Å². The Morgan fingerprint density at radius 2 is 1.93 bits per heavy atom. The Labute approximate surface area is 88.7 Å². The van der Waals surface area contributed by atoms with Crippen LogP contribution in [0.1, 0.15) is 46.5 Å². The van der Waals surface area contributed by atoms with Crippen molar-refractivity contribution in [2.75, 3.05) is 13.2 Å². The van der Waals surface area contributed by atoms with Crippen molar-refractivity contribution >= 4 is 0 Å². The molecule has 2 unspecified atom stereocenters. The molecule has 0 aliphatic carbocycles. The van der Waals surface area contributed by atoms with Gasteiger partial charge in [-0.3, -0.25) is 0 Å². The van der Waals surface area contributed by atoms with Gasteiger partial charge in [-0.15, -0.1) is 0 Å². The van der Waals surface area contributed by atoms with Gasteiger partial charge in [-0.25, -0.2) is 0 Å². The number of aliphatic hydroxyl groups excluding tert-OH is 1. The van der Waals surface area contributed by atoms with E-state index in [-0.39, 0.29) is 0 Å². The van der Waals surface area contributed by atoms with Crippen LogP contribution in [0.2, 0.25) is 0 Å². The Bertz CT molecular complexity index is 101. The Hall–Kier alpha value is -0.210. The number of rotatable bonds is 9. The first-order valence-electron chi connectivity index (χ1n) is 5.76. The second-order valence-electron chi connectivity index (χ2n) is 4.12. The molecule has 0 aromatic rings. The molecule has 0 aromatic heterocycles. The Morgan fingerprint density at radius 1 is 1.21 bits per heavy atom. The summed E-state index contributed by atoms with van der Waals surface area (Å²) in [4.78, 5) is 0. The second kappa shape index (κ2) is 9.35. The number of ether oxygens (including phenoxy) is 1. The Kier molecular flexibility index (Phi) is 9.21. The summed E-state index contributed by atoms with van der Waals surface area (Å²) in [6.45, 7) is 9.48. The molecule has 0 fully saturated rings. The van der Waals surface area contributed by atoms with E-state index in [9.17, 15) is 0 Å². The minimum absolute atomic E-state index is 0.324. The normalized spacial score (nSPS) is 15.1. The van der Waals surface area contributed by atoms with Crippen LogP contribution in [0, 0.1) is 18.4 Å². The highest BCUT2D eigenvalue weighted by Crippen LogP contribution is 2.18. The quantitative estimate of drug-likeness (QED) is 0.581. The molecule has 14 heavy (non-hydrogen) atoms. The van der Waals surface area contributed by atoms with Crippen molar-refractivity contribution in [3.05, 3.63) is 6.61 Å². The smallest absolute Gasteiger partial charge is 0.230 e. The van der Waals surface area contributed by atoms with E-state index in [4.69, 9.17) is 9.84 Å². The first-order valence-corrected chi connectivity index (χ1v) is 5.76. The monoisotopic (exact) mass is 201 g/mol. The van der Waals surface area contributed by atoms with E-state index in [1.807, 2.05) is 13.5 Å². The van der Waals surface area contributed by atoms with Crippen molar-refractivity contribution < 1.29 is 9.84 Å². The predicted octanol–water partition coefficient (Wildman–Crippen LogP) is 3.01. The van der Waals surface area contributed by atoms with Gasteiger partial charge in [0, 0.05) is 6.61 Å². The zero-order chi connectivity index (χ0) is 10.8. The SMILES string of the molecule is CCO[CH+]C(C)CCC(C)CCCO. The van der Waals surface area contributed by atoms with Crippen LogP contribution in [-0.4, -0.2) is 18.3 Å². The topological polar surface area (TPSA) is 29.5 Å². The average molecular weight is 201 g/mol. The van der Waals surface area contributed by atoms with Crippen LogP contribution in [0.3, 0.4) is 0 Å². The van der Waals surface area contributed by atoms with Gasteiger partial charge in [0.1, 0.15) is 5.92 Å². The average Bonchev–Trinajstić information content (AvgIpc) is 2.20. The van der Waals surface area contributed by atoms with Gasteiger partial charge in [-0.1, -0.05) is 6.92 Å². The van der Waals surface area contributed by atoms with Crippen molar-refractivity contribution in [1.82, 2.24) is 0 Å². The molecule has 0 spiro atoms. The maximum atomic E-state index is 8.68. The van der Waals surface area contributed by atoms with E-state index in [0.717, 1.165) is 25.4 Å². The van der Waals surface area contributed by atoms with E-state index in [0.29, 0.717) is 12.5 Å². The molecule has 0 heterocycles. The van der Waals surface area contributed by atoms with E-state index < -0.39 is 0 Å². The van der Waals surface area contributed by atoms with Gasteiger partial charge in [0.05, 0.1) is 6.61 Å². The molecule has 0 aliphatic heterocycles. The molecule has 1 N–H and O–H groups in total. The number of hydrogen-bond acceptors (Lipinski definition) is 2. The van der Waals surface area contributed by atoms with Crippen LogP contribution in [0.15, 0.2) is 0 Å². The molecule has 2 heteroatoms. The molecule has 0 aliphatic rings. The van der Waals surface area contributed by atoms with Crippen LogP contribution in [0.5, 0.6) is 0 Å². The lowest BCUT2D eigenvalue weighted by molar-refractivity contribution is 0.176. The highest BCUT2D eigenvalue weighted by atomic mass is 16.5. The van der Waals surface area contributed by atoms with Gasteiger partial charge in [0.2, 0.25) is 6.61 Å². The lowest BCUT2D eigenvalue weighted by atomic mass is 9.95. The second-order valence-corrected chi connectivity index (χ2v) is 4.12. The van der Waals surface area contributed by atoms with Gasteiger partial charge in [0.15, 0.2) is 0 Å². The minimum Gasteiger partial charge on any atom is -0.396 e. The van der Waals surface area contributed by atoms with Gasteiger partial charge < -0.3 is 5.11 Å². The van der Waals surface area contributed by atoms with E-state index >= 15 is 0 Å². The summed E-state index contributed by atoms with van der Waals surface area (Å²) in [7, 11) is 0. The third-order valence-corrected chi connectivity index (χ3v) is 2.47. The summed E-state index contributed by atoms with van der Waals surface area (Å²) in [5.74, 6) is 1.27. The first-order chi connectivity index (χ1) is 6.70. The molecule has 0 rings (SSSR count). The van der Waals surface area contributed by atoms with E-state index in [2.05, 4.69) is 13.8 Å². The molecular formula is C12H25O2+. The third-order valence-electron chi connectivity index (χ3n) is 2.47. The van der Waals surface area contributed by atoms with Crippen LogP contribution < -0.4 is 0 Å². The predicted molar refractivity (Wildman–Crippen MR) is 59.8 cm³/mol. The van der Waals surface area contributed by atoms with Gasteiger partial charge in [-0.2, -0.15) is 4.74 Å². The van der Waals surface area contributed by atoms with Crippen LogP contribution >= 0.6 is 0 Å². The molecular weight excluding hydrogens is 176 g/mol. The van der Waals surface area contributed by atoms with Crippen LogP contribution in [-0.2, 0) is 4.74 Å². The lowest BCUT2D eigenvalue weighted by Crippen LogP contribution is -2.03. The van der Waals surface area contributed by atoms with Gasteiger partial charge >= 0.3 is 0 Å². The van der Waals surface area contributed by atoms with Crippen molar-refractivity contribution in [2.45, 2.75) is 46.5 Å². The summed E-state index contributed by atoms with van der Waals surface area (Å²) in [6, 6.07) is 0.